The summed E-state index contributed by atoms with van der Waals surface area (Å²) in [6.45, 7) is 5.50. The lowest BCUT2D eigenvalue weighted by atomic mass is 10.0. The minimum absolute atomic E-state index is 0.112. The first kappa shape index (κ1) is 50.2. The smallest absolute Gasteiger partial charge is 0.336 e. The maximum atomic E-state index is 12.5. The van der Waals surface area contributed by atoms with Crippen LogP contribution in [0.3, 0.4) is 0 Å². The first-order valence-corrected chi connectivity index (χ1v) is 21.2. The van der Waals surface area contributed by atoms with Crippen molar-refractivity contribution in [3.05, 3.63) is 163 Å². The van der Waals surface area contributed by atoms with Crippen molar-refractivity contribution in [1.82, 2.24) is 31.2 Å². The van der Waals surface area contributed by atoms with Gasteiger partial charge in [0, 0.05) is 23.1 Å². The van der Waals surface area contributed by atoms with E-state index in [-0.39, 0.29) is 56.8 Å². The number of nitrogens with one attached hydrogen (secondary N) is 4. The molecule has 2 heterocycles. The Hall–Kier alpha value is -6.80. The Morgan fingerprint density at radius 3 is 1.38 bits per heavy atom. The summed E-state index contributed by atoms with van der Waals surface area (Å²) in [6, 6.07) is 31.9. The summed E-state index contributed by atoms with van der Waals surface area (Å²) in [6.07, 6.45) is -2.98. The van der Waals surface area contributed by atoms with E-state index in [2.05, 4.69) is 10.9 Å². The summed E-state index contributed by atoms with van der Waals surface area (Å²) in [5.74, 6) is -3.38. The zero-order valence-corrected chi connectivity index (χ0v) is 37.5. The zero-order chi connectivity index (χ0) is 47.8. The molecule has 0 aliphatic heterocycles. The Labute approximate surface area is 387 Å². The van der Waals surface area contributed by atoms with Gasteiger partial charge in [-0.25, -0.2) is 19.6 Å². The second-order valence-corrected chi connectivity index (χ2v) is 15.9. The van der Waals surface area contributed by atoms with Gasteiger partial charge in [-0.1, -0.05) is 110 Å². The summed E-state index contributed by atoms with van der Waals surface area (Å²) < 4.78 is 19.5. The number of hydrogen-bond acceptors (Lipinski definition) is 14. The van der Waals surface area contributed by atoms with E-state index in [1.807, 2.05) is 109 Å². The largest absolute Gasteiger partial charge is 0.464 e. The molecule has 20 heteroatoms. The molecule has 0 fully saturated rings. The molecule has 6 N–H and O–H groups in total. The van der Waals surface area contributed by atoms with E-state index in [1.165, 1.54) is 10.0 Å². The first-order valence-electron chi connectivity index (χ1n) is 20.4. The molecule has 18 nitrogen and oxygen atoms in total. The van der Waals surface area contributed by atoms with E-state index in [0.29, 0.717) is 10.0 Å². The second-order valence-electron chi connectivity index (χ2n) is 15.0. The summed E-state index contributed by atoms with van der Waals surface area (Å²) in [5.41, 5.74) is 9.36. The van der Waals surface area contributed by atoms with E-state index in [9.17, 15) is 39.0 Å². The number of H-pyrrole nitrogens is 2. The molecular formula is C46H48Cl2N6O12. The highest BCUT2D eigenvalue weighted by Crippen LogP contribution is 2.25. The van der Waals surface area contributed by atoms with E-state index in [0.717, 1.165) is 45.5 Å². The third-order valence-corrected chi connectivity index (χ3v) is 9.63. The molecule has 6 rings (SSSR count). The number of aliphatic hydroxyl groups is 2. The molecule has 2 atom stereocenters. The van der Waals surface area contributed by atoms with Gasteiger partial charge < -0.3 is 28.7 Å². The molecule has 4 aromatic carbocycles. The number of aliphatic hydroxyl groups excluding tert-OH is 2. The molecule has 0 radical (unpaired) electrons. The van der Waals surface area contributed by atoms with Gasteiger partial charge in [-0.05, 0) is 70.5 Å². The van der Waals surface area contributed by atoms with Crippen LogP contribution in [-0.4, -0.2) is 92.8 Å². The second kappa shape index (κ2) is 24.5. The number of hydrazine groups is 2. The molecule has 0 saturated carbocycles. The van der Waals surface area contributed by atoms with E-state index in [4.69, 9.17) is 41.7 Å². The number of nitrogens with zero attached hydrogens (tertiary/aromatic N) is 2. The number of esters is 2. The van der Waals surface area contributed by atoms with Gasteiger partial charge in [-0.3, -0.25) is 30.0 Å². The van der Waals surface area contributed by atoms with Crippen molar-refractivity contribution in [2.45, 2.75) is 46.1 Å². The number of ether oxygens (including phenoxy) is 2. The van der Waals surface area contributed by atoms with Crippen LogP contribution in [0.15, 0.2) is 128 Å². The summed E-state index contributed by atoms with van der Waals surface area (Å²) >= 11 is 12.1. The number of halogens is 2. The minimum atomic E-state index is -1.50. The number of aromatic nitrogens is 2. The maximum absolute atomic E-state index is 12.5. The Morgan fingerprint density at radius 1 is 0.621 bits per heavy atom. The lowest BCUT2D eigenvalue weighted by Gasteiger charge is -2.25. The summed E-state index contributed by atoms with van der Waals surface area (Å²) in [5, 5.41) is 28.5. The van der Waals surface area contributed by atoms with E-state index < -0.39 is 47.1 Å². The van der Waals surface area contributed by atoms with Crippen LogP contribution < -0.4 is 22.0 Å². The topological polar surface area (TPSA) is 250 Å². The molecular weight excluding hydrogens is 899 g/mol. The molecule has 2 amide bonds. The van der Waals surface area contributed by atoms with Crippen LogP contribution >= 0.6 is 23.2 Å². The van der Waals surface area contributed by atoms with Crippen LogP contribution in [0.25, 0.3) is 22.3 Å². The highest BCUT2D eigenvalue weighted by atomic mass is 35.5. The predicted molar refractivity (Wildman–Crippen MR) is 243 cm³/mol. The number of carbonyl (C=O) groups excluding carboxylic acids is 4. The molecule has 348 valence electrons. The third kappa shape index (κ3) is 15.7. The Balaban J connectivity index is 0.000000248. The van der Waals surface area contributed by atoms with Crippen LogP contribution in [0, 0.1) is 5.92 Å². The molecule has 0 aliphatic rings. The normalized spacial score (nSPS) is 12.0. The van der Waals surface area contributed by atoms with Crippen molar-refractivity contribution in [3.63, 3.8) is 0 Å². The average molecular weight is 948 g/mol. The molecule has 0 unspecified atom stereocenters. The first-order chi connectivity index (χ1) is 31.6. The summed E-state index contributed by atoms with van der Waals surface area (Å²) in [7, 11) is 0. The van der Waals surface area contributed by atoms with Gasteiger partial charge in [0.1, 0.15) is 0 Å². The molecule has 0 saturated heterocycles. The van der Waals surface area contributed by atoms with Gasteiger partial charge in [-0.2, -0.15) is 10.3 Å². The van der Waals surface area contributed by atoms with Crippen LogP contribution in [0.2, 0.25) is 10.0 Å². The van der Waals surface area contributed by atoms with Crippen LogP contribution in [-0.2, 0) is 32.2 Å². The average Bonchev–Trinajstić information content (AvgIpc) is 3.94. The molecule has 2 aromatic heterocycles. The van der Waals surface area contributed by atoms with Crippen molar-refractivity contribution < 1.29 is 47.9 Å². The predicted octanol–water partition coefficient (Wildman–Crippen LogP) is 5.35. The molecule has 0 spiro atoms. The summed E-state index contributed by atoms with van der Waals surface area (Å²) in [4.78, 5) is 71.4. The fraction of sp³-hybridized carbons (Fsp3) is 0.261. The number of rotatable bonds is 19. The maximum Gasteiger partial charge on any atom is 0.336 e. The monoisotopic (exact) mass is 946 g/mol. The standard InChI is InChI=1S/C24H26ClN3O6.C22H22ClN3O6/c1-15(2)14-33-24(32)20(29)13-28(26-23(31)21-11-22(30)27-34-21)12-16-6-8-17(9-7-16)18-4-3-5-19(25)10-18;1-2-31-22(30)18(27)13-26(24-21(29)19-11-20(28)25-32-19)12-14-6-8-15(9-7-14)16-4-3-5-17(23)10-16/h3-11,15,20,29H,12-14H2,1-2H3,(H,26,31)(H,27,30);3-11,18,27H,2,12-13H2,1H3,(H,24,29)(H,25,28)/t20-;18-/m11/s1. The minimum Gasteiger partial charge on any atom is -0.464 e. The van der Waals surface area contributed by atoms with Gasteiger partial charge in [0.05, 0.1) is 38.4 Å². The Bertz CT molecular complexity index is 2660. The third-order valence-electron chi connectivity index (χ3n) is 9.16. The van der Waals surface area contributed by atoms with Crippen LogP contribution in [0.5, 0.6) is 0 Å². The zero-order valence-electron chi connectivity index (χ0n) is 36.0. The van der Waals surface area contributed by atoms with Gasteiger partial charge >= 0.3 is 23.8 Å². The number of benzene rings is 4. The molecule has 6 aromatic rings. The fourth-order valence-electron chi connectivity index (χ4n) is 6.02. The van der Waals surface area contributed by atoms with E-state index >= 15 is 0 Å². The molecule has 66 heavy (non-hydrogen) atoms. The van der Waals surface area contributed by atoms with E-state index in [1.54, 1.807) is 19.1 Å². The van der Waals surface area contributed by atoms with Gasteiger partial charge in [0.25, 0.3) is 11.1 Å². The van der Waals surface area contributed by atoms with Gasteiger partial charge in [0.15, 0.2) is 12.2 Å². The quantitative estimate of drug-likeness (QED) is 0.0443. The number of hydrogen-bond donors (Lipinski definition) is 6. The van der Waals surface area contributed by atoms with Gasteiger partial charge in [-0.15, -0.1) is 0 Å². The lowest BCUT2D eigenvalue weighted by molar-refractivity contribution is -0.156. The SMILES string of the molecule is CC(C)COC(=O)[C@H](O)CN(Cc1ccc(-c2cccc(Cl)c2)cc1)NC(=O)c1cc(=O)[nH]o1.CCOC(=O)[C@H](O)CN(Cc1ccc(-c2cccc(Cl)c2)cc1)NC(=O)c1cc(=O)[nH]o1. The van der Waals surface area contributed by atoms with Crippen molar-refractivity contribution in [2.24, 2.45) is 5.92 Å². The Morgan fingerprint density at radius 2 is 1.03 bits per heavy atom. The van der Waals surface area contributed by atoms with Crippen molar-refractivity contribution in [2.75, 3.05) is 26.3 Å². The lowest BCUT2D eigenvalue weighted by Crippen LogP contribution is -2.47. The molecule has 0 aliphatic carbocycles. The van der Waals surface area contributed by atoms with Crippen LogP contribution in [0.4, 0.5) is 0 Å². The van der Waals surface area contributed by atoms with Crippen molar-refractivity contribution in [3.8, 4) is 22.3 Å². The Kier molecular flexibility index (Phi) is 18.6. The number of aromatic amines is 2. The number of carbonyl (C=O) groups is 4. The van der Waals surface area contributed by atoms with Crippen LogP contribution in [0.1, 0.15) is 53.0 Å². The molecule has 0 bridgehead atoms. The number of amides is 2. The fourth-order valence-corrected chi connectivity index (χ4v) is 6.40. The van der Waals surface area contributed by atoms with Crippen molar-refractivity contribution >= 4 is 47.0 Å². The van der Waals surface area contributed by atoms with Crippen molar-refractivity contribution in [1.29, 1.82) is 0 Å². The van der Waals surface area contributed by atoms with Gasteiger partial charge in [0.2, 0.25) is 11.5 Å². The highest BCUT2D eigenvalue weighted by Gasteiger charge is 2.25. The highest BCUT2D eigenvalue weighted by molar-refractivity contribution is 6.31.